The molecule has 7 heteroatoms. The van der Waals surface area contributed by atoms with Crippen molar-refractivity contribution in [2.75, 3.05) is 66.1 Å². The summed E-state index contributed by atoms with van der Waals surface area (Å²) in [5.74, 6) is 4.74. The van der Waals surface area contributed by atoms with E-state index in [0.29, 0.717) is 0 Å². The van der Waals surface area contributed by atoms with Crippen LogP contribution in [-0.2, 0) is 14.2 Å². The Morgan fingerprint density at radius 3 is 0.517 bits per heavy atom. The summed E-state index contributed by atoms with van der Waals surface area (Å²) in [6, 6.07) is 0. The van der Waals surface area contributed by atoms with Crippen LogP contribution in [0.4, 0.5) is 0 Å². The number of ether oxygens (including phenoxy) is 3. The molecule has 0 aliphatic carbocycles. The lowest BCUT2D eigenvalue weighted by Crippen LogP contribution is -2.37. The van der Waals surface area contributed by atoms with E-state index in [1.165, 1.54) is 154 Å². The molecule has 0 saturated carbocycles. The molecule has 0 bridgehead atoms. The summed E-state index contributed by atoms with van der Waals surface area (Å²) < 4.78 is 17.8. The average molecular weight is 863 g/mol. The van der Waals surface area contributed by atoms with Gasteiger partial charge in [-0.15, -0.1) is 0 Å². The van der Waals surface area contributed by atoms with E-state index in [-0.39, 0.29) is 0 Å². The lowest BCUT2D eigenvalue weighted by molar-refractivity contribution is -0.0328. The summed E-state index contributed by atoms with van der Waals surface area (Å²) >= 11 is 0. The van der Waals surface area contributed by atoms with Crippen molar-refractivity contribution in [3.8, 4) is 0 Å². The van der Waals surface area contributed by atoms with E-state index in [9.17, 15) is 0 Å². The van der Waals surface area contributed by atoms with Crippen LogP contribution in [0.25, 0.3) is 0 Å². The van der Waals surface area contributed by atoms with Gasteiger partial charge in [0.15, 0.2) is 0 Å². The van der Waals surface area contributed by atoms with E-state index in [1.807, 2.05) is 0 Å². The van der Waals surface area contributed by atoms with Gasteiger partial charge in [0.1, 0.15) is 0 Å². The lowest BCUT2D eigenvalue weighted by Gasteiger charge is -2.23. The first kappa shape index (κ1) is 66.3. The van der Waals surface area contributed by atoms with Gasteiger partial charge in [-0.1, -0.05) is 199 Å². The van der Waals surface area contributed by atoms with Crippen LogP contribution in [-0.4, -0.2) is 86.5 Å². The Kier molecular flexibility index (Phi) is 58.7. The third kappa shape index (κ3) is 43.0. The van der Waals surface area contributed by atoms with E-state index in [2.05, 4.69) is 83.1 Å². The van der Waals surface area contributed by atoms with Gasteiger partial charge in [0, 0.05) is 39.6 Å². The van der Waals surface area contributed by atoms with E-state index in [1.54, 1.807) is 0 Å². The quantitative estimate of drug-likeness (QED) is 0.0486. The Morgan fingerprint density at radius 2 is 0.433 bits per heavy atom. The minimum Gasteiger partial charge on any atom is -0.396 e. The fraction of sp³-hybridized carbons (Fsp3) is 1.00. The zero-order valence-electron chi connectivity index (χ0n) is 43.0. The van der Waals surface area contributed by atoms with Crippen molar-refractivity contribution < 1.29 is 34.6 Å². The first-order chi connectivity index (χ1) is 29.1. The molecule has 368 valence electrons. The highest BCUT2D eigenvalue weighted by Gasteiger charge is 2.26. The van der Waals surface area contributed by atoms with E-state index < -0.39 is 31.8 Å². The van der Waals surface area contributed by atoms with E-state index in [0.717, 1.165) is 75.1 Å². The number of rotatable bonds is 40. The van der Waals surface area contributed by atoms with Gasteiger partial charge in [-0.2, -0.15) is 0 Å². The van der Waals surface area contributed by atoms with Crippen molar-refractivity contribution in [2.45, 2.75) is 237 Å². The molecule has 0 rings (SSSR count). The Balaban J connectivity index is -0.000000356. The van der Waals surface area contributed by atoms with E-state index >= 15 is 0 Å². The molecule has 4 N–H and O–H groups in total. The Bertz CT molecular complexity index is 602. The summed E-state index contributed by atoms with van der Waals surface area (Å²) in [7, 11) is 0. The van der Waals surface area contributed by atoms with Crippen molar-refractivity contribution in [3.63, 3.8) is 0 Å². The summed E-state index contributed by atoms with van der Waals surface area (Å²) in [5, 5.41) is 34.0. The molecule has 0 aliphatic rings. The number of unbranched alkanes of at least 4 members (excludes halogenated alkanes) is 6. The van der Waals surface area contributed by atoms with Crippen LogP contribution in [0.3, 0.4) is 0 Å². The SMILES string of the molecule is CCCCC(CC)COCC(CC)CCCC.CCCCC(CC)COCC(CC)CCCC.CCCCC(CC)COCC(CC)CCCC.OCC(CO)(CO)CO. The molecule has 0 aromatic heterocycles. The predicted molar refractivity (Wildman–Crippen MR) is 263 cm³/mol. The number of hydrogen-bond donors (Lipinski definition) is 4. The molecule has 0 saturated heterocycles. The van der Waals surface area contributed by atoms with Crippen molar-refractivity contribution in [2.24, 2.45) is 40.9 Å². The van der Waals surface area contributed by atoms with Crippen molar-refractivity contribution in [1.82, 2.24) is 0 Å². The maximum atomic E-state index is 8.50. The molecule has 7 nitrogen and oxygen atoms in total. The monoisotopic (exact) mass is 863 g/mol. The fourth-order valence-electron chi connectivity index (χ4n) is 6.89. The second-order valence-corrected chi connectivity index (χ2v) is 18.2. The molecule has 0 aromatic rings. The first-order valence-electron chi connectivity index (χ1n) is 26.2. The van der Waals surface area contributed by atoms with Crippen molar-refractivity contribution in [1.29, 1.82) is 0 Å². The molecule has 6 unspecified atom stereocenters. The third-order valence-electron chi connectivity index (χ3n) is 12.7. The van der Waals surface area contributed by atoms with Gasteiger partial charge in [0.25, 0.3) is 0 Å². The number of aliphatic hydroxyl groups excluding tert-OH is 4. The van der Waals surface area contributed by atoms with Crippen molar-refractivity contribution >= 4 is 0 Å². The zero-order chi connectivity index (χ0) is 46.1. The fourth-order valence-corrected chi connectivity index (χ4v) is 6.89. The van der Waals surface area contributed by atoms with Gasteiger partial charge in [0.05, 0.1) is 31.8 Å². The smallest absolute Gasteiger partial charge is 0.0627 e. The molecular weight excluding hydrogens is 749 g/mol. The molecule has 0 aromatic carbocycles. The van der Waals surface area contributed by atoms with Crippen LogP contribution in [0.5, 0.6) is 0 Å². The largest absolute Gasteiger partial charge is 0.396 e. The van der Waals surface area contributed by atoms with Gasteiger partial charge in [-0.05, 0) is 74.0 Å². The van der Waals surface area contributed by atoms with Crippen LogP contribution >= 0.6 is 0 Å². The van der Waals surface area contributed by atoms with Gasteiger partial charge >= 0.3 is 0 Å². The third-order valence-corrected chi connectivity index (χ3v) is 12.7. The van der Waals surface area contributed by atoms with Crippen LogP contribution < -0.4 is 0 Å². The standard InChI is InChI=1S/3C16H34O.C5H12O4/c3*1-5-9-11-15(7-3)13-17-14-16(8-4)12-10-6-2;6-1-5(2-7,3-8)4-9/h3*15-16H,5-14H2,1-4H3;6-9H,1-4H2. The maximum Gasteiger partial charge on any atom is 0.0627 e. The minimum atomic E-state index is -1.11. The summed E-state index contributed by atoms with van der Waals surface area (Å²) in [5.41, 5.74) is -1.11. The Hall–Kier alpha value is -0.280. The molecule has 0 radical (unpaired) electrons. The van der Waals surface area contributed by atoms with E-state index in [4.69, 9.17) is 34.6 Å². The first-order valence-corrected chi connectivity index (χ1v) is 26.2. The molecular formula is C53H114O7. The minimum absolute atomic E-state index is 0.406. The molecule has 60 heavy (non-hydrogen) atoms. The molecule has 0 aliphatic heterocycles. The zero-order valence-corrected chi connectivity index (χ0v) is 43.0. The van der Waals surface area contributed by atoms with Crippen LogP contribution in [0.1, 0.15) is 237 Å². The molecule has 6 atom stereocenters. The molecule has 0 spiro atoms. The number of aliphatic hydroxyl groups is 4. The highest BCUT2D eigenvalue weighted by atomic mass is 16.5. The van der Waals surface area contributed by atoms with Crippen molar-refractivity contribution in [3.05, 3.63) is 0 Å². The van der Waals surface area contributed by atoms with Gasteiger partial charge in [-0.25, -0.2) is 0 Å². The highest BCUT2D eigenvalue weighted by molar-refractivity contribution is 4.75. The molecule has 0 amide bonds. The summed E-state index contributed by atoms with van der Waals surface area (Å²) in [6.07, 6.45) is 31.7. The normalized spacial score (nSPS) is 14.4. The lowest BCUT2D eigenvalue weighted by atomic mass is 9.93. The second kappa shape index (κ2) is 53.1. The second-order valence-electron chi connectivity index (χ2n) is 18.2. The highest BCUT2D eigenvalue weighted by Crippen LogP contribution is 2.19. The summed E-state index contributed by atoms with van der Waals surface area (Å²) in [6.45, 7) is 31.6. The van der Waals surface area contributed by atoms with Crippen LogP contribution in [0.15, 0.2) is 0 Å². The topological polar surface area (TPSA) is 109 Å². The Labute approximate surface area is 377 Å². The average Bonchev–Trinajstić information content (AvgIpc) is 3.29. The maximum absolute atomic E-state index is 8.50. The molecule has 0 heterocycles. The summed E-state index contributed by atoms with van der Waals surface area (Å²) in [4.78, 5) is 0. The van der Waals surface area contributed by atoms with Gasteiger partial charge in [-0.3, -0.25) is 0 Å². The van der Waals surface area contributed by atoms with Crippen LogP contribution in [0.2, 0.25) is 0 Å². The Morgan fingerprint density at radius 1 is 0.283 bits per heavy atom. The molecule has 0 fully saturated rings. The number of hydrogen-bond acceptors (Lipinski definition) is 7. The predicted octanol–water partition coefficient (Wildman–Crippen LogP) is 14.2. The van der Waals surface area contributed by atoms with Gasteiger partial charge in [0.2, 0.25) is 0 Å². The van der Waals surface area contributed by atoms with Gasteiger partial charge < -0.3 is 34.6 Å². The van der Waals surface area contributed by atoms with Crippen LogP contribution in [0, 0.1) is 40.9 Å².